The number of hydrogen-bond acceptors (Lipinski definition) is 5. The van der Waals surface area contributed by atoms with Crippen molar-refractivity contribution in [1.29, 1.82) is 0 Å². The number of rotatable bonds is 3. The van der Waals surface area contributed by atoms with E-state index in [4.69, 9.17) is 9.72 Å². The predicted molar refractivity (Wildman–Crippen MR) is 146 cm³/mol. The Morgan fingerprint density at radius 2 is 1.46 bits per heavy atom. The van der Waals surface area contributed by atoms with Crippen LogP contribution in [-0.4, -0.2) is 21.3 Å². The van der Waals surface area contributed by atoms with Gasteiger partial charge in [-0.3, -0.25) is 9.36 Å². The molecule has 6 heteroatoms. The smallest absolute Gasteiger partial charge is 0.347 e. The van der Waals surface area contributed by atoms with Crippen LogP contribution in [0.1, 0.15) is 16.2 Å². The SMILES string of the molecule is O=C1Oc2cc3ccccc3cc2C(=O)/C1=C/c1nc2sc(-c3ccccc3)cc2n1-c1ccccc1. The lowest BCUT2D eigenvalue weighted by Gasteiger charge is -2.18. The molecule has 37 heavy (non-hydrogen) atoms. The largest absolute Gasteiger partial charge is 0.422 e. The number of fused-ring (bicyclic) bond motifs is 3. The molecule has 0 radical (unpaired) electrons. The van der Waals surface area contributed by atoms with Gasteiger partial charge in [0.15, 0.2) is 0 Å². The number of aromatic nitrogens is 2. The Morgan fingerprint density at radius 1 is 0.784 bits per heavy atom. The molecule has 0 amide bonds. The van der Waals surface area contributed by atoms with Crippen LogP contribution >= 0.6 is 11.3 Å². The Kier molecular flexibility index (Phi) is 4.87. The lowest BCUT2D eigenvalue weighted by Crippen LogP contribution is -2.25. The van der Waals surface area contributed by atoms with Crippen molar-refractivity contribution in [3.8, 4) is 21.9 Å². The minimum atomic E-state index is -0.677. The van der Waals surface area contributed by atoms with Crippen LogP contribution in [0.25, 0.3) is 43.3 Å². The molecule has 0 unspecified atom stereocenters. The van der Waals surface area contributed by atoms with E-state index in [9.17, 15) is 9.59 Å². The molecule has 0 spiro atoms. The first-order chi connectivity index (χ1) is 18.2. The lowest BCUT2D eigenvalue weighted by molar-refractivity contribution is -0.130. The summed E-state index contributed by atoms with van der Waals surface area (Å²) in [6.07, 6.45) is 1.55. The summed E-state index contributed by atoms with van der Waals surface area (Å²) in [6, 6.07) is 33.2. The molecule has 0 saturated carbocycles. The third-order valence-electron chi connectivity index (χ3n) is 6.49. The summed E-state index contributed by atoms with van der Waals surface area (Å²) < 4.78 is 7.58. The molecule has 0 saturated heterocycles. The van der Waals surface area contributed by atoms with Crippen molar-refractivity contribution in [1.82, 2.24) is 9.55 Å². The second-order valence-electron chi connectivity index (χ2n) is 8.78. The average Bonchev–Trinajstić information content (AvgIpc) is 3.49. The fourth-order valence-electron chi connectivity index (χ4n) is 4.71. The van der Waals surface area contributed by atoms with Crippen LogP contribution < -0.4 is 4.74 Å². The van der Waals surface area contributed by atoms with Crippen LogP contribution in [0.5, 0.6) is 5.75 Å². The molecule has 2 aromatic heterocycles. The van der Waals surface area contributed by atoms with E-state index in [1.807, 2.05) is 77.4 Å². The number of para-hydroxylation sites is 1. The van der Waals surface area contributed by atoms with Gasteiger partial charge in [0.25, 0.3) is 0 Å². The van der Waals surface area contributed by atoms with Gasteiger partial charge < -0.3 is 4.74 Å². The summed E-state index contributed by atoms with van der Waals surface area (Å²) in [7, 11) is 0. The van der Waals surface area contributed by atoms with E-state index in [0.717, 1.165) is 37.2 Å². The second kappa shape index (κ2) is 8.40. The third kappa shape index (κ3) is 3.58. The Hall–Kier alpha value is -4.81. The molecule has 7 rings (SSSR count). The number of ether oxygens (including phenoxy) is 1. The Morgan fingerprint density at radius 3 is 2.22 bits per heavy atom. The number of carbonyl (C=O) groups is 2. The lowest BCUT2D eigenvalue weighted by atomic mass is 9.96. The summed E-state index contributed by atoms with van der Waals surface area (Å²) in [4.78, 5) is 33.3. The molecule has 176 valence electrons. The van der Waals surface area contributed by atoms with Crippen LogP contribution in [0.15, 0.2) is 109 Å². The Balaban J connectivity index is 1.39. The van der Waals surface area contributed by atoms with Crippen LogP contribution in [0.3, 0.4) is 0 Å². The highest BCUT2D eigenvalue weighted by atomic mass is 32.1. The van der Waals surface area contributed by atoms with Crippen LogP contribution in [0, 0.1) is 0 Å². The zero-order valence-electron chi connectivity index (χ0n) is 19.4. The normalized spacial score (nSPS) is 14.3. The molecule has 6 aromatic rings. The summed E-state index contributed by atoms with van der Waals surface area (Å²) in [5.74, 6) is -0.265. The number of nitrogens with zero attached hydrogens (tertiary/aromatic N) is 2. The van der Waals surface area contributed by atoms with Crippen molar-refractivity contribution >= 4 is 50.3 Å². The minimum absolute atomic E-state index is 0.0408. The summed E-state index contributed by atoms with van der Waals surface area (Å²) >= 11 is 1.57. The first kappa shape index (κ1) is 21.5. The van der Waals surface area contributed by atoms with Gasteiger partial charge in [-0.1, -0.05) is 72.8 Å². The van der Waals surface area contributed by atoms with Gasteiger partial charge in [-0.2, -0.15) is 0 Å². The molecular weight excluding hydrogens is 480 g/mol. The van der Waals surface area contributed by atoms with E-state index in [1.54, 1.807) is 29.5 Å². The highest BCUT2D eigenvalue weighted by molar-refractivity contribution is 7.21. The topological polar surface area (TPSA) is 61.2 Å². The van der Waals surface area contributed by atoms with Crippen molar-refractivity contribution in [2.24, 2.45) is 0 Å². The summed E-state index contributed by atoms with van der Waals surface area (Å²) in [6.45, 7) is 0. The van der Waals surface area contributed by atoms with Gasteiger partial charge in [-0.25, -0.2) is 9.78 Å². The van der Waals surface area contributed by atoms with Crippen LogP contribution in [0.2, 0.25) is 0 Å². The van der Waals surface area contributed by atoms with E-state index >= 15 is 0 Å². The highest BCUT2D eigenvalue weighted by Crippen LogP contribution is 2.37. The van der Waals surface area contributed by atoms with Crippen molar-refractivity contribution < 1.29 is 14.3 Å². The molecule has 0 bridgehead atoms. The average molecular weight is 499 g/mol. The molecule has 1 aliphatic heterocycles. The zero-order chi connectivity index (χ0) is 24.9. The number of esters is 1. The van der Waals surface area contributed by atoms with Gasteiger partial charge in [0.2, 0.25) is 5.78 Å². The quantitative estimate of drug-likeness (QED) is 0.113. The summed E-state index contributed by atoms with van der Waals surface area (Å²) in [5, 5.41) is 1.81. The number of carbonyl (C=O) groups excluding carboxylic acids is 2. The van der Waals surface area contributed by atoms with Crippen molar-refractivity contribution in [3.63, 3.8) is 0 Å². The molecule has 0 atom stereocenters. The molecule has 0 N–H and O–H groups in total. The van der Waals surface area contributed by atoms with E-state index < -0.39 is 5.97 Å². The minimum Gasteiger partial charge on any atom is -0.422 e. The first-order valence-corrected chi connectivity index (χ1v) is 12.6. The van der Waals surface area contributed by atoms with Gasteiger partial charge in [0.1, 0.15) is 22.0 Å². The van der Waals surface area contributed by atoms with Gasteiger partial charge in [0, 0.05) is 10.6 Å². The molecule has 5 nitrogen and oxygen atoms in total. The monoisotopic (exact) mass is 498 g/mol. The molecular formula is C31H18N2O3S. The van der Waals surface area contributed by atoms with Gasteiger partial charge in [-0.05, 0) is 52.7 Å². The Labute approximate surface area is 215 Å². The zero-order valence-corrected chi connectivity index (χ0v) is 20.2. The highest BCUT2D eigenvalue weighted by Gasteiger charge is 2.32. The standard InChI is InChI=1S/C31H18N2O3S/c34-29-23-15-20-11-7-8-12-21(20)16-26(23)36-31(35)24(29)17-28-32-30-25(33(28)22-13-5-2-6-14-22)18-27(37-30)19-9-3-1-4-10-19/h1-18H/b24-17-. The van der Waals surface area contributed by atoms with E-state index in [1.165, 1.54) is 0 Å². The molecule has 3 heterocycles. The van der Waals surface area contributed by atoms with Crippen LogP contribution in [0.4, 0.5) is 0 Å². The maximum Gasteiger partial charge on any atom is 0.347 e. The fraction of sp³-hybridized carbons (Fsp3) is 0. The number of benzene rings is 4. The second-order valence-corrected chi connectivity index (χ2v) is 9.81. The first-order valence-electron chi connectivity index (χ1n) is 11.8. The number of imidazole rings is 1. The van der Waals surface area contributed by atoms with Gasteiger partial charge in [-0.15, -0.1) is 11.3 Å². The van der Waals surface area contributed by atoms with Gasteiger partial charge >= 0.3 is 5.97 Å². The number of hydrogen-bond donors (Lipinski definition) is 0. The maximum atomic E-state index is 13.5. The van der Waals surface area contributed by atoms with Gasteiger partial charge in [0.05, 0.1) is 11.1 Å². The predicted octanol–water partition coefficient (Wildman–Crippen LogP) is 7.09. The maximum absolute atomic E-state index is 13.5. The number of thiophene rings is 1. The molecule has 0 fully saturated rings. The van der Waals surface area contributed by atoms with Crippen molar-refractivity contribution in [2.45, 2.75) is 0 Å². The molecule has 0 aliphatic carbocycles. The summed E-state index contributed by atoms with van der Waals surface area (Å²) in [5.41, 5.74) is 3.23. The van der Waals surface area contributed by atoms with Crippen molar-refractivity contribution in [3.05, 3.63) is 120 Å². The Bertz CT molecular complexity index is 1880. The van der Waals surface area contributed by atoms with E-state index in [0.29, 0.717) is 11.4 Å². The van der Waals surface area contributed by atoms with Crippen LogP contribution in [-0.2, 0) is 4.79 Å². The van der Waals surface area contributed by atoms with Crippen molar-refractivity contribution in [2.75, 3.05) is 0 Å². The number of ketones is 1. The number of Topliss-reactive ketones (excluding diaryl/α,β-unsaturated/α-hetero) is 1. The van der Waals surface area contributed by atoms with E-state index in [-0.39, 0.29) is 17.1 Å². The third-order valence-corrected chi connectivity index (χ3v) is 7.55. The molecule has 4 aromatic carbocycles. The molecule has 1 aliphatic rings. The fourth-order valence-corrected chi connectivity index (χ4v) is 5.73. The van der Waals surface area contributed by atoms with E-state index in [2.05, 4.69) is 18.2 Å².